The molecule has 15 heteroatoms. The summed E-state index contributed by atoms with van der Waals surface area (Å²) in [5.41, 5.74) is 3.56. The van der Waals surface area contributed by atoms with Gasteiger partial charge in [0.2, 0.25) is 0 Å². The Labute approximate surface area is 350 Å². The van der Waals surface area contributed by atoms with E-state index in [1.165, 1.54) is 11.1 Å². The van der Waals surface area contributed by atoms with Gasteiger partial charge in [0.1, 0.15) is 36.0 Å². The van der Waals surface area contributed by atoms with Crippen molar-refractivity contribution in [2.75, 3.05) is 59.0 Å². The molecule has 0 saturated carbocycles. The number of rotatable bonds is 21. The van der Waals surface area contributed by atoms with Crippen molar-refractivity contribution in [1.82, 2.24) is 0 Å². The van der Waals surface area contributed by atoms with Crippen molar-refractivity contribution in [3.05, 3.63) is 126 Å². The Morgan fingerprint density at radius 2 is 1.14 bits per heavy atom. The Bertz CT molecular complexity index is 1810. The first-order valence-electron chi connectivity index (χ1n) is 19.2. The molecular formula is C42H63BrO10P4. The minimum Gasteiger partial charge on any atom is -0.489 e. The van der Waals surface area contributed by atoms with E-state index >= 15 is 0 Å². The summed E-state index contributed by atoms with van der Waals surface area (Å²) in [6.07, 6.45) is 7.27. The molecule has 0 amide bonds. The zero-order chi connectivity index (χ0) is 42.4. The summed E-state index contributed by atoms with van der Waals surface area (Å²) in [6, 6.07) is 28.3. The molecule has 3 aromatic rings. The van der Waals surface area contributed by atoms with Gasteiger partial charge in [0.15, 0.2) is 0 Å². The number of hydrogen-bond donors (Lipinski definition) is 0. The minimum atomic E-state index is -3.43. The molecule has 0 radical (unpaired) electrons. The van der Waals surface area contributed by atoms with Crippen molar-refractivity contribution in [3.63, 3.8) is 0 Å². The molecule has 0 bridgehead atoms. The van der Waals surface area contributed by atoms with Gasteiger partial charge >= 0.3 is 15.2 Å². The maximum absolute atomic E-state index is 13.3. The first kappa shape index (κ1) is 51.1. The molecule has 0 aromatic heterocycles. The second-order valence-corrected chi connectivity index (χ2v) is 26.7. The molecular weight excluding hydrogens is 868 g/mol. The molecule has 0 spiro atoms. The second-order valence-electron chi connectivity index (χ2n) is 14.0. The Balaban J connectivity index is 0.000000326. The molecule has 0 fully saturated rings. The van der Waals surface area contributed by atoms with Crippen LogP contribution in [0.15, 0.2) is 109 Å². The van der Waals surface area contributed by atoms with E-state index in [2.05, 4.69) is 40.2 Å². The molecule has 4 rings (SSSR count). The van der Waals surface area contributed by atoms with Crippen LogP contribution >= 0.6 is 45.4 Å². The average Bonchev–Trinajstić information content (AvgIpc) is 3.16. The van der Waals surface area contributed by atoms with Crippen LogP contribution in [0.1, 0.15) is 57.2 Å². The monoisotopic (exact) mass is 930 g/mol. The van der Waals surface area contributed by atoms with Crippen molar-refractivity contribution in [2.24, 2.45) is 5.92 Å². The lowest BCUT2D eigenvalue weighted by Gasteiger charge is -2.31. The van der Waals surface area contributed by atoms with Gasteiger partial charge in [-0.15, -0.1) is 0 Å². The van der Waals surface area contributed by atoms with E-state index in [1.54, 1.807) is 54.4 Å². The van der Waals surface area contributed by atoms with E-state index in [1.807, 2.05) is 78.9 Å². The molecule has 0 aliphatic heterocycles. The van der Waals surface area contributed by atoms with E-state index in [0.29, 0.717) is 32.8 Å². The van der Waals surface area contributed by atoms with Gasteiger partial charge in [0.05, 0.1) is 40.7 Å². The summed E-state index contributed by atoms with van der Waals surface area (Å²) in [5, 5.41) is 0.279. The lowest BCUT2D eigenvalue weighted by molar-refractivity contribution is 0.207. The molecule has 1 aliphatic carbocycles. The first-order valence-corrected chi connectivity index (χ1v) is 29.1. The predicted molar refractivity (Wildman–Crippen MR) is 240 cm³/mol. The normalized spacial score (nSPS) is 15.0. The van der Waals surface area contributed by atoms with Crippen LogP contribution in [-0.4, -0.2) is 64.4 Å². The van der Waals surface area contributed by atoms with Crippen molar-refractivity contribution in [3.8, 4) is 5.75 Å². The fraction of sp³-hybridized carbons (Fsp3) is 0.476. The summed E-state index contributed by atoms with van der Waals surface area (Å²) in [7, 11) is -11.6. The highest BCUT2D eigenvalue weighted by Gasteiger charge is 2.44. The first-order chi connectivity index (χ1) is 27.0. The molecule has 2 atom stereocenters. The minimum absolute atomic E-state index is 0.0294. The van der Waals surface area contributed by atoms with Crippen LogP contribution in [0, 0.1) is 5.92 Å². The summed E-state index contributed by atoms with van der Waals surface area (Å²) >= 11 is 3.42. The van der Waals surface area contributed by atoms with Crippen LogP contribution in [0.3, 0.4) is 0 Å². The molecule has 318 valence electrons. The third-order valence-corrected chi connectivity index (χ3v) is 20.5. The third kappa shape index (κ3) is 20.7. The van der Waals surface area contributed by atoms with Gasteiger partial charge in [-0.2, -0.15) is 0 Å². The van der Waals surface area contributed by atoms with Crippen molar-refractivity contribution < 1.29 is 45.8 Å². The molecule has 0 heterocycles. The molecule has 3 aromatic carbocycles. The highest BCUT2D eigenvalue weighted by atomic mass is 79.9. The van der Waals surface area contributed by atoms with Crippen LogP contribution in [-0.2, 0) is 59.6 Å². The van der Waals surface area contributed by atoms with E-state index in [4.69, 9.17) is 27.6 Å². The predicted octanol–water partition coefficient (Wildman–Crippen LogP) is 13.3. The van der Waals surface area contributed by atoms with E-state index in [0.717, 1.165) is 28.8 Å². The second kappa shape index (κ2) is 26.2. The highest BCUT2D eigenvalue weighted by molar-refractivity contribution is 9.08. The van der Waals surface area contributed by atoms with Crippen LogP contribution in [0.2, 0.25) is 0 Å². The maximum Gasteiger partial charge on any atom is 0.340 e. The molecule has 10 nitrogen and oxygen atoms in total. The zero-order valence-electron chi connectivity index (χ0n) is 34.8. The Hall–Kier alpha value is -2.02. The molecule has 2 unspecified atom stereocenters. The SMILES string of the molecule is BrCc1ccc(OCc2ccccc2)cc1.CCOP(=O)(CP(C)(C)=O)OCC.CCOP(=O)(OCC)C(CC1C=CC(OCc2ccccc2)=CC1)P(C)(C)=O. The average molecular weight is 932 g/mol. The van der Waals surface area contributed by atoms with Gasteiger partial charge in [-0.1, -0.05) is 94.8 Å². The topological polar surface area (TPSA) is 124 Å². The summed E-state index contributed by atoms with van der Waals surface area (Å²) in [6.45, 7) is 15.8. The fourth-order valence-electron chi connectivity index (χ4n) is 5.58. The molecule has 0 N–H and O–H groups in total. The van der Waals surface area contributed by atoms with Gasteiger partial charge in [-0.3, -0.25) is 9.13 Å². The van der Waals surface area contributed by atoms with Gasteiger partial charge < -0.3 is 36.7 Å². The summed E-state index contributed by atoms with van der Waals surface area (Å²) in [5.74, 6) is 1.89. The van der Waals surface area contributed by atoms with Crippen molar-refractivity contribution in [2.45, 2.75) is 64.5 Å². The lowest BCUT2D eigenvalue weighted by Crippen LogP contribution is -2.18. The van der Waals surface area contributed by atoms with Gasteiger partial charge in [-0.25, -0.2) is 0 Å². The zero-order valence-corrected chi connectivity index (χ0v) is 40.0. The Morgan fingerprint density at radius 1 is 0.649 bits per heavy atom. The molecule has 0 saturated heterocycles. The summed E-state index contributed by atoms with van der Waals surface area (Å²) < 4.78 is 82.0. The van der Waals surface area contributed by atoms with Crippen LogP contribution in [0.25, 0.3) is 0 Å². The number of hydrogen-bond acceptors (Lipinski definition) is 10. The molecule has 57 heavy (non-hydrogen) atoms. The third-order valence-electron chi connectivity index (χ3n) is 8.11. The Morgan fingerprint density at radius 3 is 1.54 bits per heavy atom. The van der Waals surface area contributed by atoms with Gasteiger partial charge in [-0.05, 0) is 114 Å². The fourth-order valence-corrected chi connectivity index (χ4v) is 16.4. The van der Waals surface area contributed by atoms with Crippen molar-refractivity contribution >= 4 is 45.4 Å². The Kier molecular flexibility index (Phi) is 23.5. The van der Waals surface area contributed by atoms with Crippen LogP contribution in [0.4, 0.5) is 0 Å². The highest BCUT2D eigenvalue weighted by Crippen LogP contribution is 2.68. The smallest absolute Gasteiger partial charge is 0.340 e. The van der Waals surface area contributed by atoms with Gasteiger partial charge in [0.25, 0.3) is 0 Å². The number of benzene rings is 3. The van der Waals surface area contributed by atoms with E-state index < -0.39 is 34.9 Å². The number of alkyl halides is 1. The number of ether oxygens (including phenoxy) is 2. The van der Waals surface area contributed by atoms with Gasteiger partial charge in [0, 0.05) is 5.33 Å². The summed E-state index contributed by atoms with van der Waals surface area (Å²) in [4.78, 5) is 0. The standard InChI is InChI=1S/C21H32O5P2.C14H13BrO.C7H18O4P2/c1-5-25-28(23,26-6-2)21(27(3,4)22)16-18-12-14-20(15-13-18)24-17-19-10-8-7-9-11-19;15-10-12-6-8-14(9-7-12)16-11-13-4-2-1-3-5-13;1-5-10-13(9,11-6-2)7-12(3,4)8/h7-12,14-15,18,21H,5-6,13,16-17H2,1-4H3;1-9H,10-11H2;5-7H2,1-4H3. The number of allylic oxidation sites excluding steroid dienone is 3. The lowest BCUT2D eigenvalue weighted by atomic mass is 9.97. The van der Waals surface area contributed by atoms with E-state index in [-0.39, 0.29) is 25.0 Å². The van der Waals surface area contributed by atoms with Crippen molar-refractivity contribution in [1.29, 1.82) is 0 Å². The quantitative estimate of drug-likeness (QED) is 0.0753. The van der Waals surface area contributed by atoms with E-state index in [9.17, 15) is 18.3 Å². The largest absolute Gasteiger partial charge is 0.489 e. The maximum atomic E-state index is 13.3. The van der Waals surface area contributed by atoms with Crippen LogP contribution < -0.4 is 4.74 Å². The number of halogens is 1. The van der Waals surface area contributed by atoms with Crippen LogP contribution in [0.5, 0.6) is 5.75 Å². The molecule has 1 aliphatic rings.